The number of hydrogen-bond donors (Lipinski definition) is 1. The zero-order valence-electron chi connectivity index (χ0n) is 12.9. The Balaban J connectivity index is 1.65. The van der Waals surface area contributed by atoms with Crippen LogP contribution in [0.3, 0.4) is 0 Å². The van der Waals surface area contributed by atoms with Gasteiger partial charge in [-0.3, -0.25) is 0 Å². The van der Waals surface area contributed by atoms with E-state index in [4.69, 9.17) is 16.3 Å². The van der Waals surface area contributed by atoms with Crippen molar-refractivity contribution < 1.29 is 19.1 Å². The van der Waals surface area contributed by atoms with Crippen molar-refractivity contribution >= 4 is 17.6 Å². The molecule has 1 aromatic carbocycles. The van der Waals surface area contributed by atoms with Gasteiger partial charge in [0, 0.05) is 24.3 Å². The lowest BCUT2D eigenvalue weighted by atomic mass is 9.96. The number of carbonyl (C=O) groups is 1. The first-order valence-electron chi connectivity index (χ1n) is 7.96. The zero-order chi connectivity index (χ0) is 15.8. The van der Waals surface area contributed by atoms with Crippen LogP contribution in [0.5, 0.6) is 0 Å². The molecule has 2 aliphatic rings. The fourth-order valence-corrected chi connectivity index (χ4v) is 3.83. The van der Waals surface area contributed by atoms with E-state index in [1.165, 1.54) is 32.9 Å². The molecule has 2 aliphatic heterocycles. The summed E-state index contributed by atoms with van der Waals surface area (Å²) in [6, 6.07) is 6.65. The Hall–Kier alpha value is -1.10. The molecule has 2 saturated heterocycles. The molecule has 1 spiro atoms. The highest BCUT2D eigenvalue weighted by molar-refractivity contribution is 6.30. The molecule has 1 N–H and O–H groups in total. The summed E-state index contributed by atoms with van der Waals surface area (Å²) in [5.74, 6) is -0.570. The Labute approximate surface area is 136 Å². The summed E-state index contributed by atoms with van der Waals surface area (Å²) in [7, 11) is 0. The SMILES string of the molecule is CC(O)(C(=O)OC1CC[N+]2(CCCC2)C1)c1ccc(Cl)cc1. The molecular weight excluding hydrogens is 302 g/mol. The third kappa shape index (κ3) is 3.00. The smallest absolute Gasteiger partial charge is 0.343 e. The number of rotatable bonds is 3. The number of aliphatic hydroxyl groups is 1. The summed E-state index contributed by atoms with van der Waals surface area (Å²) in [6.45, 7) is 5.85. The Morgan fingerprint density at radius 3 is 2.55 bits per heavy atom. The van der Waals surface area contributed by atoms with Gasteiger partial charge in [0.05, 0.1) is 19.6 Å². The van der Waals surface area contributed by atoms with E-state index in [2.05, 4.69) is 0 Å². The highest BCUT2D eigenvalue weighted by atomic mass is 35.5. The van der Waals surface area contributed by atoms with Gasteiger partial charge in [-0.05, 0) is 24.6 Å². The molecule has 0 radical (unpaired) electrons. The van der Waals surface area contributed by atoms with Crippen LogP contribution in [0.2, 0.25) is 5.02 Å². The molecule has 0 aromatic heterocycles. The maximum Gasteiger partial charge on any atom is 0.343 e. The van der Waals surface area contributed by atoms with Crippen molar-refractivity contribution in [3.05, 3.63) is 34.9 Å². The van der Waals surface area contributed by atoms with Crippen LogP contribution in [-0.2, 0) is 15.1 Å². The Kier molecular flexibility index (Phi) is 4.19. The van der Waals surface area contributed by atoms with Crippen molar-refractivity contribution in [1.29, 1.82) is 0 Å². The number of carbonyl (C=O) groups excluding carboxylic acids is 1. The highest BCUT2D eigenvalue weighted by Gasteiger charge is 2.44. The number of nitrogens with zero attached hydrogens (tertiary/aromatic N) is 1. The van der Waals surface area contributed by atoms with E-state index in [0.717, 1.165) is 24.0 Å². The second-order valence-electron chi connectivity index (χ2n) is 6.80. The summed E-state index contributed by atoms with van der Waals surface area (Å²) in [5.41, 5.74) is -1.13. The predicted octanol–water partition coefficient (Wildman–Crippen LogP) is 2.47. The standard InChI is InChI=1S/C17H23ClNO3/c1-17(21,13-4-6-14(18)7-5-13)16(20)22-15-8-11-19(12-15)9-2-3-10-19/h4-7,15,21H,2-3,8-12H2,1H3/q+1. The topological polar surface area (TPSA) is 46.5 Å². The molecule has 120 valence electrons. The van der Waals surface area contributed by atoms with Gasteiger partial charge in [-0.1, -0.05) is 23.7 Å². The number of quaternary nitrogens is 1. The fraction of sp³-hybridized carbons (Fsp3) is 0.588. The van der Waals surface area contributed by atoms with Crippen molar-refractivity contribution in [3.8, 4) is 0 Å². The van der Waals surface area contributed by atoms with Crippen LogP contribution in [0.4, 0.5) is 0 Å². The molecular formula is C17H23ClNO3+. The molecule has 1 aromatic rings. The summed E-state index contributed by atoms with van der Waals surface area (Å²) < 4.78 is 6.69. The van der Waals surface area contributed by atoms with Crippen molar-refractivity contribution in [1.82, 2.24) is 0 Å². The summed E-state index contributed by atoms with van der Waals surface area (Å²) in [4.78, 5) is 12.4. The zero-order valence-corrected chi connectivity index (χ0v) is 13.7. The van der Waals surface area contributed by atoms with E-state index in [0.29, 0.717) is 10.6 Å². The number of halogens is 1. The second-order valence-corrected chi connectivity index (χ2v) is 7.23. The molecule has 4 nitrogen and oxygen atoms in total. The minimum Gasteiger partial charge on any atom is -0.454 e. The first-order chi connectivity index (χ1) is 10.4. The van der Waals surface area contributed by atoms with Crippen LogP contribution in [0.25, 0.3) is 0 Å². The molecule has 3 rings (SSSR count). The average molecular weight is 325 g/mol. The monoisotopic (exact) mass is 324 g/mol. The minimum absolute atomic E-state index is 0.0793. The van der Waals surface area contributed by atoms with Crippen molar-refractivity contribution in [3.63, 3.8) is 0 Å². The Morgan fingerprint density at radius 1 is 1.27 bits per heavy atom. The number of ether oxygens (including phenoxy) is 1. The second kappa shape index (κ2) is 5.84. The van der Waals surface area contributed by atoms with Gasteiger partial charge in [0.15, 0.2) is 11.7 Å². The van der Waals surface area contributed by atoms with Gasteiger partial charge in [-0.2, -0.15) is 0 Å². The minimum atomic E-state index is -1.64. The largest absolute Gasteiger partial charge is 0.454 e. The van der Waals surface area contributed by atoms with Crippen molar-refractivity contribution in [2.45, 2.75) is 37.9 Å². The third-order valence-electron chi connectivity index (χ3n) is 5.11. The molecule has 0 amide bonds. The quantitative estimate of drug-likeness (QED) is 0.686. The van der Waals surface area contributed by atoms with Crippen molar-refractivity contribution in [2.75, 3.05) is 26.2 Å². The lowest BCUT2D eigenvalue weighted by molar-refractivity contribution is -0.906. The molecule has 2 atom stereocenters. The van der Waals surface area contributed by atoms with E-state index in [-0.39, 0.29) is 6.10 Å². The first kappa shape index (κ1) is 15.8. The van der Waals surface area contributed by atoms with E-state index >= 15 is 0 Å². The molecule has 2 heterocycles. The lowest BCUT2D eigenvalue weighted by Gasteiger charge is -2.29. The number of benzene rings is 1. The Bertz CT molecular complexity index is 550. The molecule has 2 unspecified atom stereocenters. The van der Waals surface area contributed by atoms with Gasteiger partial charge < -0.3 is 14.3 Å². The molecule has 2 fully saturated rings. The first-order valence-corrected chi connectivity index (χ1v) is 8.34. The molecule has 0 aliphatic carbocycles. The normalized spacial score (nSPS) is 26.0. The molecule has 0 saturated carbocycles. The van der Waals surface area contributed by atoms with Crippen molar-refractivity contribution in [2.24, 2.45) is 0 Å². The maximum absolute atomic E-state index is 12.4. The summed E-state index contributed by atoms with van der Waals surface area (Å²) in [5, 5.41) is 11.1. The predicted molar refractivity (Wildman–Crippen MR) is 84.5 cm³/mol. The van der Waals surface area contributed by atoms with Gasteiger partial charge >= 0.3 is 5.97 Å². The van der Waals surface area contributed by atoms with Crippen LogP contribution in [0, 0.1) is 0 Å². The van der Waals surface area contributed by atoms with Gasteiger partial charge in [0.1, 0.15) is 6.54 Å². The van der Waals surface area contributed by atoms with E-state index < -0.39 is 11.6 Å². The summed E-state index contributed by atoms with van der Waals surface area (Å²) in [6.07, 6.45) is 3.35. The van der Waals surface area contributed by atoms with Gasteiger partial charge in [-0.25, -0.2) is 4.79 Å². The summed E-state index contributed by atoms with van der Waals surface area (Å²) >= 11 is 5.85. The van der Waals surface area contributed by atoms with Gasteiger partial charge in [0.25, 0.3) is 0 Å². The van der Waals surface area contributed by atoms with Gasteiger partial charge in [0.2, 0.25) is 0 Å². The van der Waals surface area contributed by atoms with E-state index in [1.807, 2.05) is 0 Å². The molecule has 5 heteroatoms. The van der Waals surface area contributed by atoms with E-state index in [9.17, 15) is 9.90 Å². The third-order valence-corrected chi connectivity index (χ3v) is 5.36. The van der Waals surface area contributed by atoms with Gasteiger partial charge in [-0.15, -0.1) is 0 Å². The van der Waals surface area contributed by atoms with Crippen LogP contribution in [0.1, 0.15) is 31.7 Å². The van der Waals surface area contributed by atoms with Crippen LogP contribution >= 0.6 is 11.6 Å². The number of hydrogen-bond acceptors (Lipinski definition) is 3. The van der Waals surface area contributed by atoms with Crippen LogP contribution in [0.15, 0.2) is 24.3 Å². The maximum atomic E-state index is 12.4. The Morgan fingerprint density at radius 2 is 1.91 bits per heavy atom. The molecule has 22 heavy (non-hydrogen) atoms. The average Bonchev–Trinajstić information content (AvgIpc) is 3.10. The lowest BCUT2D eigenvalue weighted by Crippen LogP contribution is -2.44. The van der Waals surface area contributed by atoms with E-state index in [1.54, 1.807) is 24.3 Å². The number of esters is 1. The fourth-order valence-electron chi connectivity index (χ4n) is 3.70. The van der Waals surface area contributed by atoms with Crippen LogP contribution in [-0.4, -0.2) is 47.8 Å². The highest BCUT2D eigenvalue weighted by Crippen LogP contribution is 2.30. The molecule has 0 bridgehead atoms. The van der Waals surface area contributed by atoms with Crippen LogP contribution < -0.4 is 0 Å².